The van der Waals surface area contributed by atoms with Crippen molar-refractivity contribution in [3.05, 3.63) is 11.9 Å². The van der Waals surface area contributed by atoms with E-state index >= 15 is 0 Å². The second kappa shape index (κ2) is 5.99. The molecule has 0 aromatic carbocycles. The molecule has 1 aromatic rings. The molecule has 0 spiro atoms. The van der Waals surface area contributed by atoms with E-state index in [-0.39, 0.29) is 6.04 Å². The van der Waals surface area contributed by atoms with Gasteiger partial charge in [-0.15, -0.1) is 0 Å². The average molecular weight is 230 g/mol. The summed E-state index contributed by atoms with van der Waals surface area (Å²) in [4.78, 5) is 0. The molecule has 0 saturated heterocycles. The third kappa shape index (κ3) is 2.87. The van der Waals surface area contributed by atoms with E-state index in [0.717, 1.165) is 22.9 Å². The molecule has 0 fully saturated rings. The molecule has 1 atom stereocenters. The summed E-state index contributed by atoms with van der Waals surface area (Å²) >= 11 is 1.83. The smallest absolute Gasteiger partial charge is 0.161 e. The van der Waals surface area contributed by atoms with Gasteiger partial charge >= 0.3 is 0 Å². The molecule has 0 aliphatic carbocycles. The van der Waals surface area contributed by atoms with Crippen LogP contribution in [0, 0.1) is 0 Å². The zero-order valence-corrected chi connectivity index (χ0v) is 10.2. The molecule has 0 radical (unpaired) electrons. The minimum absolute atomic E-state index is 0.0670. The molecule has 0 bridgehead atoms. The standard InChI is InChI=1S/C9H18N4OS/c1-4-15-6-7(12-10)9-8(14-3)5-11-13(9)2/h5,7,12H,4,6,10H2,1-3H3. The van der Waals surface area contributed by atoms with Gasteiger partial charge in [0, 0.05) is 12.8 Å². The first kappa shape index (κ1) is 12.4. The van der Waals surface area contributed by atoms with E-state index in [1.165, 1.54) is 0 Å². The summed E-state index contributed by atoms with van der Waals surface area (Å²) < 4.78 is 7.03. The second-order valence-corrected chi connectivity index (χ2v) is 4.42. The topological polar surface area (TPSA) is 65.1 Å². The highest BCUT2D eigenvalue weighted by atomic mass is 32.2. The first-order valence-corrected chi connectivity index (χ1v) is 5.99. The normalized spacial score (nSPS) is 12.8. The highest BCUT2D eigenvalue weighted by Crippen LogP contribution is 2.26. The lowest BCUT2D eigenvalue weighted by molar-refractivity contribution is 0.399. The van der Waals surface area contributed by atoms with Gasteiger partial charge in [-0.25, -0.2) is 0 Å². The molecular weight excluding hydrogens is 212 g/mol. The van der Waals surface area contributed by atoms with Crippen LogP contribution < -0.4 is 16.0 Å². The van der Waals surface area contributed by atoms with E-state index in [0.29, 0.717) is 0 Å². The SMILES string of the molecule is CCSCC(NN)c1c(OC)cnn1C. The maximum Gasteiger partial charge on any atom is 0.161 e. The van der Waals surface area contributed by atoms with Gasteiger partial charge in [-0.2, -0.15) is 16.9 Å². The van der Waals surface area contributed by atoms with Gasteiger partial charge in [-0.3, -0.25) is 16.0 Å². The third-order valence-corrected chi connectivity index (χ3v) is 3.17. The highest BCUT2D eigenvalue weighted by molar-refractivity contribution is 7.99. The van der Waals surface area contributed by atoms with Crippen LogP contribution in [0.4, 0.5) is 0 Å². The maximum absolute atomic E-state index is 5.54. The largest absolute Gasteiger partial charge is 0.493 e. The van der Waals surface area contributed by atoms with Crippen molar-refractivity contribution in [3.63, 3.8) is 0 Å². The first-order chi connectivity index (χ1) is 7.24. The number of nitrogens with one attached hydrogen (secondary N) is 1. The fourth-order valence-electron chi connectivity index (χ4n) is 1.42. The number of nitrogens with zero attached hydrogens (tertiary/aromatic N) is 2. The summed E-state index contributed by atoms with van der Waals surface area (Å²) in [5.41, 5.74) is 3.78. The van der Waals surface area contributed by atoms with Gasteiger partial charge in [0.1, 0.15) is 0 Å². The summed E-state index contributed by atoms with van der Waals surface area (Å²) in [7, 11) is 3.53. The number of hydrogen-bond acceptors (Lipinski definition) is 5. The second-order valence-electron chi connectivity index (χ2n) is 3.10. The molecule has 1 aromatic heterocycles. The van der Waals surface area contributed by atoms with Gasteiger partial charge in [-0.1, -0.05) is 6.92 Å². The zero-order valence-electron chi connectivity index (χ0n) is 9.36. The van der Waals surface area contributed by atoms with E-state index in [9.17, 15) is 0 Å². The van der Waals surface area contributed by atoms with Crippen LogP contribution in [-0.2, 0) is 7.05 Å². The van der Waals surface area contributed by atoms with Crippen LogP contribution in [0.5, 0.6) is 5.75 Å². The molecule has 0 saturated carbocycles. The minimum Gasteiger partial charge on any atom is -0.493 e. The van der Waals surface area contributed by atoms with Crippen molar-refractivity contribution >= 4 is 11.8 Å². The fraction of sp³-hybridized carbons (Fsp3) is 0.667. The van der Waals surface area contributed by atoms with Crippen LogP contribution in [0.2, 0.25) is 0 Å². The summed E-state index contributed by atoms with van der Waals surface area (Å²) in [5.74, 6) is 8.29. The Morgan fingerprint density at radius 2 is 2.47 bits per heavy atom. The molecule has 0 amide bonds. The summed E-state index contributed by atoms with van der Waals surface area (Å²) in [6, 6.07) is 0.0670. The van der Waals surface area contributed by atoms with Gasteiger partial charge in [0.25, 0.3) is 0 Å². The van der Waals surface area contributed by atoms with Crippen molar-refractivity contribution in [2.24, 2.45) is 12.9 Å². The number of aryl methyl sites for hydroxylation is 1. The van der Waals surface area contributed by atoms with Gasteiger partial charge in [0.15, 0.2) is 5.75 Å². The fourth-order valence-corrected chi connectivity index (χ4v) is 2.15. The summed E-state index contributed by atoms with van der Waals surface area (Å²) in [6.07, 6.45) is 1.70. The Morgan fingerprint density at radius 1 is 1.73 bits per heavy atom. The van der Waals surface area contributed by atoms with Gasteiger partial charge in [0.2, 0.25) is 0 Å². The quantitative estimate of drug-likeness (QED) is 0.556. The predicted molar refractivity (Wildman–Crippen MR) is 62.8 cm³/mol. The lowest BCUT2D eigenvalue weighted by atomic mass is 10.2. The Labute approximate surface area is 94.3 Å². The van der Waals surface area contributed by atoms with Gasteiger partial charge in [-0.05, 0) is 5.75 Å². The minimum atomic E-state index is 0.0670. The molecule has 1 rings (SSSR count). The predicted octanol–water partition coefficient (Wildman–Crippen LogP) is 0.686. The number of nitrogens with two attached hydrogens (primary N) is 1. The number of hydrogen-bond donors (Lipinski definition) is 2. The highest BCUT2D eigenvalue weighted by Gasteiger charge is 2.19. The van der Waals surface area contributed by atoms with Crippen LogP contribution in [0.3, 0.4) is 0 Å². The Kier molecular flexibility index (Phi) is 4.93. The number of rotatable bonds is 6. The number of thioether (sulfide) groups is 1. The molecule has 0 aliphatic heterocycles. The van der Waals surface area contributed by atoms with Gasteiger partial charge in [0.05, 0.1) is 25.0 Å². The Hall–Kier alpha value is -0.720. The van der Waals surface area contributed by atoms with Crippen LogP contribution in [-0.4, -0.2) is 28.4 Å². The number of methoxy groups -OCH3 is 1. The molecule has 15 heavy (non-hydrogen) atoms. The van der Waals surface area contributed by atoms with Crippen LogP contribution in [0.25, 0.3) is 0 Å². The van der Waals surface area contributed by atoms with Crippen molar-refractivity contribution in [2.75, 3.05) is 18.6 Å². The number of aromatic nitrogens is 2. The first-order valence-electron chi connectivity index (χ1n) is 4.84. The molecule has 3 N–H and O–H groups in total. The van der Waals surface area contributed by atoms with E-state index in [4.69, 9.17) is 10.6 Å². The molecule has 1 unspecified atom stereocenters. The third-order valence-electron chi connectivity index (χ3n) is 2.19. The van der Waals surface area contributed by atoms with E-state index in [2.05, 4.69) is 17.4 Å². The average Bonchev–Trinajstić information content (AvgIpc) is 2.62. The van der Waals surface area contributed by atoms with Crippen molar-refractivity contribution < 1.29 is 4.74 Å². The lowest BCUT2D eigenvalue weighted by Gasteiger charge is -2.16. The number of hydrazine groups is 1. The van der Waals surface area contributed by atoms with E-state index < -0.39 is 0 Å². The van der Waals surface area contributed by atoms with Crippen LogP contribution >= 0.6 is 11.8 Å². The van der Waals surface area contributed by atoms with Crippen molar-refractivity contribution in [2.45, 2.75) is 13.0 Å². The van der Waals surface area contributed by atoms with E-state index in [1.54, 1.807) is 18.0 Å². The van der Waals surface area contributed by atoms with Crippen molar-refractivity contribution in [1.82, 2.24) is 15.2 Å². The van der Waals surface area contributed by atoms with Gasteiger partial charge < -0.3 is 4.74 Å². The molecular formula is C9H18N4OS. The zero-order chi connectivity index (χ0) is 11.3. The molecule has 0 aliphatic rings. The molecule has 86 valence electrons. The monoisotopic (exact) mass is 230 g/mol. The van der Waals surface area contributed by atoms with Crippen LogP contribution in [0.15, 0.2) is 6.20 Å². The summed E-state index contributed by atoms with van der Waals surface area (Å²) in [5, 5.41) is 4.15. The molecule has 6 heteroatoms. The lowest BCUT2D eigenvalue weighted by Crippen LogP contribution is -2.31. The van der Waals surface area contributed by atoms with Crippen LogP contribution in [0.1, 0.15) is 18.7 Å². The molecule has 5 nitrogen and oxygen atoms in total. The van der Waals surface area contributed by atoms with E-state index in [1.807, 2.05) is 18.8 Å². The number of ether oxygens (including phenoxy) is 1. The molecule has 1 heterocycles. The summed E-state index contributed by atoms with van der Waals surface area (Å²) in [6.45, 7) is 2.12. The Bertz CT molecular complexity index is 302. The van der Waals surface area contributed by atoms with Crippen molar-refractivity contribution in [1.29, 1.82) is 0 Å². The Morgan fingerprint density at radius 3 is 3.00 bits per heavy atom. The maximum atomic E-state index is 5.54. The van der Waals surface area contributed by atoms with Crippen molar-refractivity contribution in [3.8, 4) is 5.75 Å². The Balaban J connectivity index is 2.84.